The molecule has 20 heavy (non-hydrogen) atoms. The van der Waals surface area contributed by atoms with Gasteiger partial charge in [-0.25, -0.2) is 0 Å². The predicted octanol–water partition coefficient (Wildman–Crippen LogP) is 2.12. The SMILES string of the molecule is O=C1NC(c2cn[nH]c2-c2cccs2)N2CCCCC12. The third-order valence-electron chi connectivity index (χ3n) is 4.19. The largest absolute Gasteiger partial charge is 0.335 e. The molecular weight excluding hydrogens is 272 g/mol. The summed E-state index contributed by atoms with van der Waals surface area (Å²) >= 11 is 1.68. The number of fused-ring (bicyclic) bond motifs is 1. The number of amides is 1. The number of hydrogen-bond acceptors (Lipinski definition) is 4. The molecule has 0 aromatic carbocycles. The fraction of sp³-hybridized carbons (Fsp3) is 0.429. The molecule has 4 heterocycles. The van der Waals surface area contributed by atoms with E-state index in [-0.39, 0.29) is 18.1 Å². The van der Waals surface area contributed by atoms with E-state index in [4.69, 9.17) is 0 Å². The lowest BCUT2D eigenvalue weighted by Crippen LogP contribution is -2.38. The minimum Gasteiger partial charge on any atom is -0.335 e. The van der Waals surface area contributed by atoms with Crippen LogP contribution in [0.3, 0.4) is 0 Å². The molecular formula is C14H16N4OS. The number of nitrogens with one attached hydrogen (secondary N) is 2. The van der Waals surface area contributed by atoms with Gasteiger partial charge in [0.25, 0.3) is 0 Å². The minimum atomic E-state index is -0.0383. The molecule has 1 amide bonds. The quantitative estimate of drug-likeness (QED) is 0.890. The highest BCUT2D eigenvalue weighted by Gasteiger charge is 2.42. The summed E-state index contributed by atoms with van der Waals surface area (Å²) in [6.07, 6.45) is 5.08. The average Bonchev–Trinajstić information content (AvgIpc) is 3.17. The Labute approximate surface area is 121 Å². The maximum Gasteiger partial charge on any atom is 0.238 e. The van der Waals surface area contributed by atoms with Gasteiger partial charge in [-0.2, -0.15) is 5.10 Å². The molecule has 2 saturated heterocycles. The van der Waals surface area contributed by atoms with Crippen LogP contribution in [0.25, 0.3) is 10.6 Å². The van der Waals surface area contributed by atoms with Gasteiger partial charge in [-0.05, 0) is 24.3 Å². The van der Waals surface area contributed by atoms with Crippen molar-refractivity contribution < 1.29 is 4.79 Å². The van der Waals surface area contributed by atoms with Gasteiger partial charge in [-0.15, -0.1) is 11.3 Å². The van der Waals surface area contributed by atoms with E-state index in [9.17, 15) is 4.79 Å². The van der Waals surface area contributed by atoms with Crippen LogP contribution in [0.2, 0.25) is 0 Å². The second-order valence-corrected chi connectivity index (χ2v) is 6.29. The van der Waals surface area contributed by atoms with Crippen molar-refractivity contribution in [2.75, 3.05) is 6.54 Å². The molecule has 2 aromatic heterocycles. The van der Waals surface area contributed by atoms with Crippen LogP contribution in [0.15, 0.2) is 23.7 Å². The van der Waals surface area contributed by atoms with Crippen LogP contribution < -0.4 is 5.32 Å². The van der Waals surface area contributed by atoms with Gasteiger partial charge >= 0.3 is 0 Å². The van der Waals surface area contributed by atoms with E-state index < -0.39 is 0 Å². The van der Waals surface area contributed by atoms with E-state index >= 15 is 0 Å². The fourth-order valence-electron chi connectivity index (χ4n) is 3.24. The van der Waals surface area contributed by atoms with Gasteiger partial charge < -0.3 is 5.32 Å². The van der Waals surface area contributed by atoms with Crippen molar-refractivity contribution in [1.29, 1.82) is 0 Å². The summed E-state index contributed by atoms with van der Waals surface area (Å²) in [6, 6.07) is 4.15. The van der Waals surface area contributed by atoms with Gasteiger partial charge in [0.05, 0.1) is 22.8 Å². The van der Waals surface area contributed by atoms with Gasteiger partial charge in [0, 0.05) is 12.1 Å². The summed E-state index contributed by atoms with van der Waals surface area (Å²) in [5.74, 6) is 0.160. The first-order chi connectivity index (χ1) is 9.84. The van der Waals surface area contributed by atoms with Gasteiger partial charge in [0.2, 0.25) is 5.91 Å². The zero-order valence-corrected chi connectivity index (χ0v) is 11.8. The third-order valence-corrected chi connectivity index (χ3v) is 5.08. The molecule has 4 rings (SSSR count). The van der Waals surface area contributed by atoms with E-state index in [2.05, 4.69) is 31.9 Å². The number of hydrogen-bond donors (Lipinski definition) is 2. The molecule has 2 N–H and O–H groups in total. The van der Waals surface area contributed by atoms with Crippen molar-refractivity contribution >= 4 is 17.2 Å². The first kappa shape index (κ1) is 12.1. The molecule has 0 bridgehead atoms. The van der Waals surface area contributed by atoms with Crippen LogP contribution in [0.4, 0.5) is 0 Å². The van der Waals surface area contributed by atoms with Crippen LogP contribution in [0.1, 0.15) is 31.0 Å². The van der Waals surface area contributed by atoms with E-state index in [1.54, 1.807) is 11.3 Å². The van der Waals surface area contributed by atoms with Crippen LogP contribution in [0, 0.1) is 0 Å². The zero-order valence-electron chi connectivity index (χ0n) is 11.0. The molecule has 2 aliphatic rings. The van der Waals surface area contributed by atoms with Crippen LogP contribution >= 0.6 is 11.3 Å². The predicted molar refractivity (Wildman–Crippen MR) is 77.1 cm³/mol. The molecule has 0 spiro atoms. The van der Waals surface area contributed by atoms with E-state index in [1.807, 2.05) is 12.3 Å². The lowest BCUT2D eigenvalue weighted by Gasteiger charge is -2.31. The van der Waals surface area contributed by atoms with Crippen molar-refractivity contribution in [3.8, 4) is 10.6 Å². The number of nitrogens with zero attached hydrogens (tertiary/aromatic N) is 2. The highest BCUT2D eigenvalue weighted by molar-refractivity contribution is 7.13. The summed E-state index contributed by atoms with van der Waals surface area (Å²) < 4.78 is 0. The number of aromatic nitrogens is 2. The maximum absolute atomic E-state index is 12.1. The summed E-state index contributed by atoms with van der Waals surface area (Å²) in [7, 11) is 0. The Morgan fingerprint density at radius 3 is 3.20 bits per heavy atom. The molecule has 2 atom stereocenters. The molecule has 2 aromatic rings. The molecule has 0 saturated carbocycles. The highest BCUT2D eigenvalue weighted by atomic mass is 32.1. The Kier molecular flexibility index (Phi) is 2.85. The van der Waals surface area contributed by atoms with Crippen LogP contribution in [-0.2, 0) is 4.79 Å². The third kappa shape index (κ3) is 1.79. The Morgan fingerprint density at radius 2 is 2.35 bits per heavy atom. The Morgan fingerprint density at radius 1 is 1.40 bits per heavy atom. The standard InChI is InChI=1S/C14H16N4OS/c19-14-10-4-1-2-6-18(10)13(16-14)9-8-15-17-12(9)11-5-3-7-20-11/h3,5,7-8,10,13H,1-2,4,6H2,(H,15,17)(H,16,19). The van der Waals surface area contributed by atoms with Crippen molar-refractivity contribution in [2.45, 2.75) is 31.5 Å². The first-order valence-electron chi connectivity index (χ1n) is 6.98. The van der Waals surface area contributed by atoms with E-state index in [1.165, 1.54) is 0 Å². The van der Waals surface area contributed by atoms with Crippen LogP contribution in [0.5, 0.6) is 0 Å². The van der Waals surface area contributed by atoms with E-state index in [0.717, 1.165) is 41.9 Å². The molecule has 0 radical (unpaired) electrons. The normalized spacial score (nSPS) is 26.5. The second-order valence-electron chi connectivity index (χ2n) is 5.34. The lowest BCUT2D eigenvalue weighted by atomic mass is 10.0. The van der Waals surface area contributed by atoms with Crippen molar-refractivity contribution in [3.63, 3.8) is 0 Å². The number of H-pyrrole nitrogens is 1. The number of piperidine rings is 1. The number of rotatable bonds is 2. The monoisotopic (exact) mass is 288 g/mol. The number of thiophene rings is 1. The summed E-state index contributed by atoms with van der Waals surface area (Å²) in [4.78, 5) is 15.6. The molecule has 2 fully saturated rings. The smallest absolute Gasteiger partial charge is 0.238 e. The van der Waals surface area contributed by atoms with Crippen molar-refractivity contribution in [2.24, 2.45) is 0 Å². The molecule has 2 aliphatic heterocycles. The minimum absolute atomic E-state index is 0.0383. The summed E-state index contributed by atoms with van der Waals surface area (Å²) in [5.41, 5.74) is 2.10. The van der Waals surface area contributed by atoms with Gasteiger partial charge in [0.15, 0.2) is 0 Å². The Balaban J connectivity index is 1.71. The van der Waals surface area contributed by atoms with Gasteiger partial charge in [0.1, 0.15) is 6.17 Å². The van der Waals surface area contributed by atoms with E-state index in [0.29, 0.717) is 0 Å². The molecule has 104 valence electrons. The summed E-state index contributed by atoms with van der Waals surface area (Å²) in [5, 5.41) is 12.5. The topological polar surface area (TPSA) is 61.0 Å². The second kappa shape index (κ2) is 4.71. The highest BCUT2D eigenvalue weighted by Crippen LogP contribution is 2.36. The molecule has 6 heteroatoms. The zero-order chi connectivity index (χ0) is 13.5. The number of carbonyl (C=O) groups excluding carboxylic acids is 1. The molecule has 0 aliphatic carbocycles. The Hall–Kier alpha value is -1.66. The molecule has 2 unspecified atom stereocenters. The van der Waals surface area contributed by atoms with Gasteiger partial charge in [-0.3, -0.25) is 14.8 Å². The first-order valence-corrected chi connectivity index (χ1v) is 7.86. The average molecular weight is 288 g/mol. The Bertz CT molecular complexity index is 621. The number of carbonyl (C=O) groups is 1. The molecule has 5 nitrogen and oxygen atoms in total. The van der Waals surface area contributed by atoms with Crippen LogP contribution in [-0.4, -0.2) is 33.6 Å². The van der Waals surface area contributed by atoms with Crippen molar-refractivity contribution in [1.82, 2.24) is 20.4 Å². The summed E-state index contributed by atoms with van der Waals surface area (Å²) in [6.45, 7) is 0.975. The lowest BCUT2D eigenvalue weighted by molar-refractivity contribution is -0.122. The number of aromatic amines is 1. The fourth-order valence-corrected chi connectivity index (χ4v) is 3.98. The maximum atomic E-state index is 12.1. The van der Waals surface area contributed by atoms with Crippen molar-refractivity contribution in [3.05, 3.63) is 29.3 Å². The van der Waals surface area contributed by atoms with Gasteiger partial charge in [-0.1, -0.05) is 12.5 Å².